The molecule has 108 valence electrons. The molecule has 6 nitrogen and oxygen atoms in total. The minimum atomic E-state index is -0.752. The summed E-state index contributed by atoms with van der Waals surface area (Å²) in [6.45, 7) is 0. The number of hydrogen-bond donors (Lipinski definition) is 4. The predicted octanol–water partition coefficient (Wildman–Crippen LogP) is 2.18. The number of fused-ring (bicyclic) bond motifs is 1. The van der Waals surface area contributed by atoms with Crippen LogP contribution >= 0.6 is 0 Å². The number of carbonyl (C=O) groups is 2. The highest BCUT2D eigenvalue weighted by atomic mass is 16.2. The Morgan fingerprint density at radius 3 is 2.67 bits per heavy atom. The van der Waals surface area contributed by atoms with E-state index in [4.69, 9.17) is 11.5 Å². The molecule has 0 bridgehead atoms. The largest absolute Gasteiger partial charge is 0.365 e. The van der Waals surface area contributed by atoms with Crippen LogP contribution in [-0.2, 0) is 0 Å². The van der Waals surface area contributed by atoms with Crippen molar-refractivity contribution in [2.75, 3.05) is 5.32 Å². The molecule has 1 aromatic carbocycles. The van der Waals surface area contributed by atoms with Gasteiger partial charge in [-0.3, -0.25) is 10.1 Å². The summed E-state index contributed by atoms with van der Waals surface area (Å²) in [6, 6.07) is 4.88. The molecule has 0 radical (unpaired) electrons. The summed E-state index contributed by atoms with van der Waals surface area (Å²) in [5, 5.41) is 3.05. The molecular formula is C15H16N4O2. The van der Waals surface area contributed by atoms with Gasteiger partial charge in [-0.15, -0.1) is 0 Å². The van der Waals surface area contributed by atoms with E-state index < -0.39 is 11.9 Å². The molecule has 6 N–H and O–H groups in total. The molecular weight excluding hydrogens is 268 g/mol. The van der Waals surface area contributed by atoms with Gasteiger partial charge in [-0.1, -0.05) is 24.3 Å². The van der Waals surface area contributed by atoms with Gasteiger partial charge in [0.05, 0.1) is 5.56 Å². The molecule has 1 saturated carbocycles. The van der Waals surface area contributed by atoms with Crippen LogP contribution in [0.4, 0.5) is 10.6 Å². The van der Waals surface area contributed by atoms with Gasteiger partial charge in [0.1, 0.15) is 5.82 Å². The molecule has 1 aliphatic carbocycles. The van der Waals surface area contributed by atoms with Crippen molar-refractivity contribution < 1.29 is 9.59 Å². The van der Waals surface area contributed by atoms with Crippen molar-refractivity contribution in [3.63, 3.8) is 0 Å². The molecule has 1 aromatic heterocycles. The number of hydrogen-bond acceptors (Lipinski definition) is 2. The number of H-pyrrole nitrogens is 1. The molecule has 1 heterocycles. The Kier molecular flexibility index (Phi) is 3.13. The first-order chi connectivity index (χ1) is 10.0. The van der Waals surface area contributed by atoms with Crippen molar-refractivity contribution in [2.45, 2.75) is 12.8 Å². The first-order valence-corrected chi connectivity index (χ1v) is 6.75. The highest BCUT2D eigenvalue weighted by Crippen LogP contribution is 2.31. The highest BCUT2D eigenvalue weighted by molar-refractivity contribution is 6.13. The third-order valence-corrected chi connectivity index (χ3v) is 3.50. The fourth-order valence-corrected chi connectivity index (χ4v) is 2.33. The topological polar surface area (TPSA) is 114 Å². The van der Waals surface area contributed by atoms with Gasteiger partial charge in [0.25, 0.3) is 5.91 Å². The van der Waals surface area contributed by atoms with Gasteiger partial charge in [0.15, 0.2) is 0 Å². The van der Waals surface area contributed by atoms with Crippen molar-refractivity contribution in [1.29, 1.82) is 0 Å². The lowest BCUT2D eigenvalue weighted by Gasteiger charge is -2.00. The molecule has 0 saturated heterocycles. The maximum Gasteiger partial charge on any atom is 0.317 e. The standard InChI is InChI=1S/C15H16N4O2/c16-13(20)12-10-6-5-9(4-3-8-1-2-8)7-11(10)18-14(12)19-15(17)21/h3-8,18H,1-2H2,(H2,16,20)(H3,17,19,21). The van der Waals surface area contributed by atoms with Crippen molar-refractivity contribution >= 4 is 34.7 Å². The van der Waals surface area contributed by atoms with Crippen LogP contribution in [0, 0.1) is 5.92 Å². The van der Waals surface area contributed by atoms with Gasteiger partial charge in [-0.2, -0.15) is 0 Å². The Labute approximate surface area is 121 Å². The van der Waals surface area contributed by atoms with E-state index in [9.17, 15) is 9.59 Å². The summed E-state index contributed by atoms with van der Waals surface area (Å²) in [6.07, 6.45) is 6.74. The second-order valence-corrected chi connectivity index (χ2v) is 5.23. The summed E-state index contributed by atoms with van der Waals surface area (Å²) in [5.41, 5.74) is 12.5. The van der Waals surface area contributed by atoms with Gasteiger partial charge in [0, 0.05) is 10.9 Å². The number of urea groups is 1. The molecule has 0 aliphatic heterocycles. The van der Waals surface area contributed by atoms with Crippen LogP contribution < -0.4 is 16.8 Å². The maximum absolute atomic E-state index is 11.6. The third kappa shape index (κ3) is 2.74. The third-order valence-electron chi connectivity index (χ3n) is 3.50. The number of primary amides is 2. The zero-order valence-electron chi connectivity index (χ0n) is 11.3. The van der Waals surface area contributed by atoms with E-state index in [1.165, 1.54) is 12.8 Å². The molecule has 2 aromatic rings. The van der Waals surface area contributed by atoms with Gasteiger partial charge in [-0.05, 0) is 30.4 Å². The van der Waals surface area contributed by atoms with Crippen LogP contribution in [0.25, 0.3) is 17.0 Å². The minimum absolute atomic E-state index is 0.230. The number of allylic oxidation sites excluding steroid dienone is 1. The van der Waals surface area contributed by atoms with Crippen molar-refractivity contribution in [1.82, 2.24) is 4.98 Å². The van der Waals surface area contributed by atoms with Gasteiger partial charge in [-0.25, -0.2) is 4.79 Å². The van der Waals surface area contributed by atoms with E-state index in [1.807, 2.05) is 18.2 Å². The summed E-state index contributed by atoms with van der Waals surface area (Å²) >= 11 is 0. The normalized spacial score (nSPS) is 14.7. The second-order valence-electron chi connectivity index (χ2n) is 5.23. The van der Waals surface area contributed by atoms with E-state index in [-0.39, 0.29) is 11.4 Å². The average Bonchev–Trinajstić information content (AvgIpc) is 3.16. The molecule has 0 atom stereocenters. The Morgan fingerprint density at radius 1 is 1.29 bits per heavy atom. The number of carbonyl (C=O) groups excluding carboxylic acids is 2. The van der Waals surface area contributed by atoms with E-state index >= 15 is 0 Å². The minimum Gasteiger partial charge on any atom is -0.365 e. The number of aromatic nitrogens is 1. The van der Waals surface area contributed by atoms with Crippen molar-refractivity contribution in [2.24, 2.45) is 17.4 Å². The number of rotatable bonds is 4. The van der Waals surface area contributed by atoms with Crippen molar-refractivity contribution in [3.8, 4) is 0 Å². The Bertz CT molecular complexity index is 756. The molecule has 21 heavy (non-hydrogen) atoms. The van der Waals surface area contributed by atoms with Crippen LogP contribution in [0.15, 0.2) is 24.3 Å². The van der Waals surface area contributed by atoms with Crippen LogP contribution in [-0.4, -0.2) is 16.9 Å². The number of aromatic amines is 1. The second kappa shape index (κ2) is 4.97. The van der Waals surface area contributed by atoms with Crippen LogP contribution in [0.3, 0.4) is 0 Å². The zero-order chi connectivity index (χ0) is 15.0. The van der Waals surface area contributed by atoms with E-state index in [2.05, 4.69) is 22.5 Å². The SMILES string of the molecule is NC(=O)Nc1[nH]c2cc(C=CC3CC3)ccc2c1C(N)=O. The lowest BCUT2D eigenvalue weighted by Crippen LogP contribution is -2.22. The summed E-state index contributed by atoms with van der Waals surface area (Å²) in [4.78, 5) is 25.6. The fourth-order valence-electron chi connectivity index (χ4n) is 2.33. The first-order valence-electron chi connectivity index (χ1n) is 6.75. The van der Waals surface area contributed by atoms with Crippen LogP contribution in [0.2, 0.25) is 0 Å². The predicted molar refractivity (Wildman–Crippen MR) is 81.8 cm³/mol. The molecule has 3 amide bonds. The first kappa shape index (κ1) is 13.2. The number of nitrogens with two attached hydrogens (primary N) is 2. The number of nitrogens with one attached hydrogen (secondary N) is 2. The molecule has 1 aliphatic rings. The molecule has 0 spiro atoms. The molecule has 6 heteroatoms. The smallest absolute Gasteiger partial charge is 0.317 e. The molecule has 3 rings (SSSR count). The van der Waals surface area contributed by atoms with Gasteiger partial charge in [0.2, 0.25) is 0 Å². The Balaban J connectivity index is 2.04. The Morgan fingerprint density at radius 2 is 2.05 bits per heavy atom. The number of amides is 3. The lowest BCUT2D eigenvalue weighted by atomic mass is 10.1. The average molecular weight is 284 g/mol. The summed E-state index contributed by atoms with van der Waals surface area (Å²) in [7, 11) is 0. The zero-order valence-corrected chi connectivity index (χ0v) is 11.3. The van der Waals surface area contributed by atoms with Crippen molar-refractivity contribution in [3.05, 3.63) is 35.4 Å². The monoisotopic (exact) mass is 284 g/mol. The Hall–Kier alpha value is -2.76. The fraction of sp³-hybridized carbons (Fsp3) is 0.200. The summed E-state index contributed by atoms with van der Waals surface area (Å²) < 4.78 is 0. The quantitative estimate of drug-likeness (QED) is 0.689. The van der Waals surface area contributed by atoms with Crippen LogP contribution in [0.5, 0.6) is 0 Å². The van der Waals surface area contributed by atoms with Gasteiger partial charge >= 0.3 is 6.03 Å². The van der Waals surface area contributed by atoms with E-state index in [0.29, 0.717) is 11.3 Å². The van der Waals surface area contributed by atoms with Crippen LogP contribution in [0.1, 0.15) is 28.8 Å². The highest BCUT2D eigenvalue weighted by Gasteiger charge is 2.18. The molecule has 0 unspecified atom stereocenters. The summed E-state index contributed by atoms with van der Waals surface area (Å²) in [5.74, 6) is 0.303. The van der Waals surface area contributed by atoms with E-state index in [1.54, 1.807) is 0 Å². The lowest BCUT2D eigenvalue weighted by molar-refractivity contribution is 0.100. The molecule has 1 fully saturated rings. The van der Waals surface area contributed by atoms with E-state index in [0.717, 1.165) is 11.1 Å². The number of benzene rings is 1. The maximum atomic E-state index is 11.6. The number of anilines is 1. The van der Waals surface area contributed by atoms with Gasteiger partial charge < -0.3 is 16.5 Å².